The fourth-order valence-electron chi connectivity index (χ4n) is 1.95. The number of aliphatic carboxylic acids is 1. The summed E-state index contributed by atoms with van der Waals surface area (Å²) in [6, 6.07) is 15.5. The standard InChI is InChI=1S/C17H17BrO4/c1-12(21-11-17(19)20)15-9-14(7-8-16(15)18)22-10-13-5-3-2-4-6-13/h2-9,12H,10-11H2,1H3,(H,19,20). The maximum atomic E-state index is 10.6. The van der Waals surface area contributed by atoms with Gasteiger partial charge in [0.25, 0.3) is 0 Å². The number of carbonyl (C=O) groups is 1. The maximum Gasteiger partial charge on any atom is 0.329 e. The number of hydrogen-bond donors (Lipinski definition) is 1. The molecule has 0 aromatic heterocycles. The van der Waals surface area contributed by atoms with Gasteiger partial charge in [-0.25, -0.2) is 4.79 Å². The highest BCUT2D eigenvalue weighted by molar-refractivity contribution is 9.10. The zero-order valence-electron chi connectivity index (χ0n) is 12.2. The third-order valence-electron chi connectivity index (χ3n) is 3.11. The molecule has 0 radical (unpaired) electrons. The van der Waals surface area contributed by atoms with E-state index in [4.69, 9.17) is 14.6 Å². The van der Waals surface area contributed by atoms with E-state index in [2.05, 4.69) is 15.9 Å². The van der Waals surface area contributed by atoms with Crippen molar-refractivity contribution in [2.75, 3.05) is 6.61 Å². The topological polar surface area (TPSA) is 55.8 Å². The van der Waals surface area contributed by atoms with Gasteiger partial charge in [0.2, 0.25) is 0 Å². The average Bonchev–Trinajstić information content (AvgIpc) is 2.52. The Bertz CT molecular complexity index is 628. The van der Waals surface area contributed by atoms with Gasteiger partial charge < -0.3 is 14.6 Å². The maximum absolute atomic E-state index is 10.6. The van der Waals surface area contributed by atoms with Gasteiger partial charge in [-0.15, -0.1) is 0 Å². The van der Waals surface area contributed by atoms with E-state index in [1.54, 1.807) is 0 Å². The largest absolute Gasteiger partial charge is 0.489 e. The van der Waals surface area contributed by atoms with Crippen LogP contribution < -0.4 is 4.74 Å². The van der Waals surface area contributed by atoms with Crippen molar-refractivity contribution in [3.8, 4) is 5.75 Å². The van der Waals surface area contributed by atoms with E-state index in [0.29, 0.717) is 12.4 Å². The summed E-state index contributed by atoms with van der Waals surface area (Å²) in [7, 11) is 0. The first-order valence-corrected chi connectivity index (χ1v) is 7.65. The van der Waals surface area contributed by atoms with Gasteiger partial charge in [0.05, 0.1) is 6.10 Å². The van der Waals surface area contributed by atoms with Crippen LogP contribution in [0, 0.1) is 0 Å². The second-order valence-electron chi connectivity index (χ2n) is 4.80. The number of benzene rings is 2. The Balaban J connectivity index is 2.04. The first-order chi connectivity index (χ1) is 10.6. The van der Waals surface area contributed by atoms with Crippen LogP contribution in [0.15, 0.2) is 53.0 Å². The molecule has 0 aliphatic carbocycles. The van der Waals surface area contributed by atoms with Crippen LogP contribution >= 0.6 is 15.9 Å². The Morgan fingerprint density at radius 2 is 1.95 bits per heavy atom. The number of carboxylic acids is 1. The first kappa shape index (κ1) is 16.5. The van der Waals surface area contributed by atoms with Gasteiger partial charge in [0.1, 0.15) is 19.0 Å². The Labute approximate surface area is 137 Å². The van der Waals surface area contributed by atoms with Crippen LogP contribution in [0.5, 0.6) is 5.75 Å². The predicted molar refractivity (Wildman–Crippen MR) is 86.9 cm³/mol. The summed E-state index contributed by atoms with van der Waals surface area (Å²) in [6.07, 6.45) is -0.342. The van der Waals surface area contributed by atoms with Gasteiger partial charge in [-0.3, -0.25) is 0 Å². The van der Waals surface area contributed by atoms with Gasteiger partial charge in [-0.05, 0) is 36.2 Å². The lowest BCUT2D eigenvalue weighted by Gasteiger charge is -2.15. The SMILES string of the molecule is CC(OCC(=O)O)c1cc(OCc2ccccc2)ccc1Br. The minimum atomic E-state index is -0.987. The molecular formula is C17H17BrO4. The third-order valence-corrected chi connectivity index (χ3v) is 3.83. The van der Waals surface area contributed by atoms with Crippen molar-refractivity contribution in [1.82, 2.24) is 0 Å². The number of ether oxygens (including phenoxy) is 2. The fourth-order valence-corrected chi connectivity index (χ4v) is 2.52. The smallest absolute Gasteiger partial charge is 0.329 e. The quantitative estimate of drug-likeness (QED) is 0.800. The molecule has 1 N–H and O–H groups in total. The lowest BCUT2D eigenvalue weighted by molar-refractivity contribution is -0.144. The molecule has 0 fully saturated rings. The summed E-state index contributed by atoms with van der Waals surface area (Å²) in [5.41, 5.74) is 1.94. The molecule has 2 aromatic rings. The summed E-state index contributed by atoms with van der Waals surface area (Å²) in [6.45, 7) is 1.96. The monoisotopic (exact) mass is 364 g/mol. The average molecular weight is 365 g/mol. The molecule has 0 bridgehead atoms. The van der Waals surface area contributed by atoms with Crippen LogP contribution in [0.3, 0.4) is 0 Å². The highest BCUT2D eigenvalue weighted by Gasteiger charge is 2.13. The van der Waals surface area contributed by atoms with Gasteiger partial charge in [-0.2, -0.15) is 0 Å². The molecule has 2 rings (SSSR count). The summed E-state index contributed by atoms with van der Waals surface area (Å²) in [5.74, 6) is -0.271. The summed E-state index contributed by atoms with van der Waals surface area (Å²) >= 11 is 3.45. The summed E-state index contributed by atoms with van der Waals surface area (Å²) < 4.78 is 11.9. The van der Waals surface area contributed by atoms with Crippen molar-refractivity contribution in [1.29, 1.82) is 0 Å². The number of carboxylic acid groups (broad SMARTS) is 1. The normalized spacial score (nSPS) is 11.9. The van der Waals surface area contributed by atoms with Gasteiger partial charge in [0, 0.05) is 4.47 Å². The fraction of sp³-hybridized carbons (Fsp3) is 0.235. The lowest BCUT2D eigenvalue weighted by Crippen LogP contribution is -2.10. The lowest BCUT2D eigenvalue weighted by atomic mass is 10.1. The molecule has 1 unspecified atom stereocenters. The van der Waals surface area contributed by atoms with E-state index in [0.717, 1.165) is 15.6 Å². The van der Waals surface area contributed by atoms with Crippen molar-refractivity contribution >= 4 is 21.9 Å². The van der Waals surface area contributed by atoms with Crippen molar-refractivity contribution in [3.63, 3.8) is 0 Å². The van der Waals surface area contributed by atoms with Crippen LogP contribution in [-0.2, 0) is 16.1 Å². The van der Waals surface area contributed by atoms with E-state index >= 15 is 0 Å². The van der Waals surface area contributed by atoms with Crippen LogP contribution in [0.1, 0.15) is 24.2 Å². The number of halogens is 1. The molecule has 2 aromatic carbocycles. The van der Waals surface area contributed by atoms with Gasteiger partial charge >= 0.3 is 5.97 Å². The molecule has 0 amide bonds. The van der Waals surface area contributed by atoms with E-state index < -0.39 is 5.97 Å². The second-order valence-corrected chi connectivity index (χ2v) is 5.66. The number of rotatable bonds is 7. The van der Waals surface area contributed by atoms with E-state index in [-0.39, 0.29) is 12.7 Å². The molecule has 0 aliphatic rings. The van der Waals surface area contributed by atoms with E-state index in [1.807, 2.05) is 55.5 Å². The molecule has 116 valence electrons. The molecule has 5 heteroatoms. The molecule has 0 saturated carbocycles. The van der Waals surface area contributed by atoms with Crippen LogP contribution in [-0.4, -0.2) is 17.7 Å². The first-order valence-electron chi connectivity index (χ1n) is 6.86. The molecule has 22 heavy (non-hydrogen) atoms. The molecule has 0 spiro atoms. The summed E-state index contributed by atoms with van der Waals surface area (Å²) in [5, 5.41) is 8.68. The van der Waals surface area contributed by atoms with Gasteiger partial charge in [0.15, 0.2) is 0 Å². The Morgan fingerprint density at radius 1 is 1.23 bits per heavy atom. The molecule has 1 atom stereocenters. The third kappa shape index (κ3) is 4.86. The Kier molecular flexibility index (Phi) is 5.98. The van der Waals surface area contributed by atoms with E-state index in [9.17, 15) is 4.79 Å². The van der Waals surface area contributed by atoms with Crippen LogP contribution in [0.2, 0.25) is 0 Å². The highest BCUT2D eigenvalue weighted by Crippen LogP contribution is 2.30. The predicted octanol–water partition coefficient (Wildman–Crippen LogP) is 4.19. The van der Waals surface area contributed by atoms with Crippen molar-refractivity contribution in [3.05, 3.63) is 64.1 Å². The zero-order chi connectivity index (χ0) is 15.9. The van der Waals surface area contributed by atoms with Gasteiger partial charge in [-0.1, -0.05) is 46.3 Å². The van der Waals surface area contributed by atoms with Crippen molar-refractivity contribution < 1.29 is 19.4 Å². The molecule has 0 heterocycles. The molecular weight excluding hydrogens is 348 g/mol. The Hall–Kier alpha value is -1.85. The van der Waals surface area contributed by atoms with E-state index in [1.165, 1.54) is 0 Å². The van der Waals surface area contributed by atoms with Crippen LogP contribution in [0.4, 0.5) is 0 Å². The number of hydrogen-bond acceptors (Lipinski definition) is 3. The Morgan fingerprint density at radius 3 is 2.64 bits per heavy atom. The minimum absolute atomic E-state index is 0.331. The molecule has 0 saturated heterocycles. The second kappa shape index (κ2) is 7.96. The summed E-state index contributed by atoms with van der Waals surface area (Å²) in [4.78, 5) is 10.6. The molecule has 0 aliphatic heterocycles. The zero-order valence-corrected chi connectivity index (χ0v) is 13.7. The minimum Gasteiger partial charge on any atom is -0.489 e. The van der Waals surface area contributed by atoms with Crippen molar-refractivity contribution in [2.45, 2.75) is 19.6 Å². The molecule has 4 nitrogen and oxygen atoms in total. The van der Waals surface area contributed by atoms with Crippen molar-refractivity contribution in [2.24, 2.45) is 0 Å². The highest BCUT2D eigenvalue weighted by atomic mass is 79.9. The van der Waals surface area contributed by atoms with Crippen LogP contribution in [0.25, 0.3) is 0 Å².